The normalized spacial score (nSPS) is 26.2. The van der Waals surface area contributed by atoms with Gasteiger partial charge in [-0.3, -0.25) is 4.79 Å². The molecule has 20 heavy (non-hydrogen) atoms. The lowest BCUT2D eigenvalue weighted by atomic mass is 10.0. The highest BCUT2D eigenvalue weighted by molar-refractivity contribution is 5.82. The Hall–Kier alpha value is -1.70. The minimum absolute atomic E-state index is 0.0800. The SMILES string of the molecule is C#CC[C@H]1C[C@H]2CN(C(=O)OC(C)(C)C)CCN2C1=O. The number of rotatable bonds is 1. The number of fused-ring (bicyclic) bond motifs is 1. The maximum atomic E-state index is 12.1. The van der Waals surface area contributed by atoms with E-state index >= 15 is 0 Å². The minimum Gasteiger partial charge on any atom is -0.444 e. The van der Waals surface area contributed by atoms with Crippen molar-refractivity contribution in [2.45, 2.75) is 45.3 Å². The molecule has 0 unspecified atom stereocenters. The van der Waals surface area contributed by atoms with Gasteiger partial charge in [-0.05, 0) is 27.2 Å². The Balaban J connectivity index is 1.97. The molecule has 2 aliphatic rings. The number of carbonyl (C=O) groups excluding carboxylic acids is 2. The Morgan fingerprint density at radius 3 is 2.75 bits per heavy atom. The number of hydrogen-bond acceptors (Lipinski definition) is 3. The highest BCUT2D eigenvalue weighted by atomic mass is 16.6. The molecule has 0 saturated carbocycles. The number of nitrogens with zero attached hydrogens (tertiary/aromatic N) is 2. The van der Waals surface area contributed by atoms with Crippen LogP contribution in [0.5, 0.6) is 0 Å². The summed E-state index contributed by atoms with van der Waals surface area (Å²) in [6, 6.07) is 0.0853. The van der Waals surface area contributed by atoms with Crippen molar-refractivity contribution in [1.82, 2.24) is 9.80 Å². The highest BCUT2D eigenvalue weighted by Gasteiger charge is 2.43. The predicted molar refractivity (Wildman–Crippen MR) is 74.9 cm³/mol. The largest absolute Gasteiger partial charge is 0.444 e. The Kier molecular flexibility index (Phi) is 3.94. The number of ether oxygens (including phenoxy) is 1. The number of terminal acetylenes is 1. The van der Waals surface area contributed by atoms with Gasteiger partial charge in [-0.15, -0.1) is 12.3 Å². The summed E-state index contributed by atoms with van der Waals surface area (Å²) in [6.45, 7) is 7.20. The van der Waals surface area contributed by atoms with Crippen LogP contribution in [-0.4, -0.2) is 53.1 Å². The van der Waals surface area contributed by atoms with E-state index in [1.807, 2.05) is 25.7 Å². The number of amides is 2. The van der Waals surface area contributed by atoms with E-state index in [1.54, 1.807) is 4.90 Å². The zero-order valence-electron chi connectivity index (χ0n) is 12.4. The first-order valence-corrected chi connectivity index (χ1v) is 7.03. The van der Waals surface area contributed by atoms with Gasteiger partial charge >= 0.3 is 6.09 Å². The van der Waals surface area contributed by atoms with Gasteiger partial charge in [0.05, 0.1) is 12.0 Å². The third-order valence-electron chi connectivity index (χ3n) is 3.69. The van der Waals surface area contributed by atoms with Gasteiger partial charge in [0, 0.05) is 26.1 Å². The molecule has 0 aromatic rings. The Morgan fingerprint density at radius 2 is 2.15 bits per heavy atom. The van der Waals surface area contributed by atoms with Crippen molar-refractivity contribution in [3.63, 3.8) is 0 Å². The van der Waals surface area contributed by atoms with Crippen molar-refractivity contribution in [3.8, 4) is 12.3 Å². The number of carbonyl (C=O) groups is 2. The van der Waals surface area contributed by atoms with Crippen LogP contribution in [0.3, 0.4) is 0 Å². The third-order valence-corrected chi connectivity index (χ3v) is 3.69. The molecule has 2 saturated heterocycles. The standard InChI is InChI=1S/C15H22N2O3/c1-5-6-11-9-12-10-16(7-8-17(12)13(11)18)14(19)20-15(2,3)4/h1,11-12H,6-10H2,2-4H3/t11-,12-/m0/s1. The van der Waals surface area contributed by atoms with Crippen molar-refractivity contribution >= 4 is 12.0 Å². The first-order chi connectivity index (χ1) is 9.31. The van der Waals surface area contributed by atoms with Crippen LogP contribution in [-0.2, 0) is 9.53 Å². The molecule has 2 fully saturated rings. The van der Waals surface area contributed by atoms with Crippen LogP contribution >= 0.6 is 0 Å². The quantitative estimate of drug-likeness (QED) is 0.683. The molecule has 0 N–H and O–H groups in total. The van der Waals surface area contributed by atoms with Crippen LogP contribution in [0.4, 0.5) is 4.79 Å². The number of piperazine rings is 1. The Morgan fingerprint density at radius 1 is 1.45 bits per heavy atom. The van der Waals surface area contributed by atoms with Gasteiger partial charge in [-0.1, -0.05) is 0 Å². The molecular weight excluding hydrogens is 256 g/mol. The highest BCUT2D eigenvalue weighted by Crippen LogP contribution is 2.30. The van der Waals surface area contributed by atoms with Gasteiger partial charge in [-0.25, -0.2) is 4.79 Å². The van der Waals surface area contributed by atoms with E-state index in [4.69, 9.17) is 11.2 Å². The minimum atomic E-state index is -0.494. The van der Waals surface area contributed by atoms with Crippen molar-refractivity contribution in [3.05, 3.63) is 0 Å². The van der Waals surface area contributed by atoms with E-state index in [0.29, 0.717) is 26.1 Å². The summed E-state index contributed by atoms with van der Waals surface area (Å²) in [5.41, 5.74) is -0.494. The molecule has 0 aliphatic carbocycles. The molecular formula is C15H22N2O3. The zero-order valence-corrected chi connectivity index (χ0v) is 12.4. The summed E-state index contributed by atoms with van der Waals surface area (Å²) in [4.78, 5) is 27.7. The van der Waals surface area contributed by atoms with E-state index in [9.17, 15) is 9.59 Å². The van der Waals surface area contributed by atoms with Crippen LogP contribution in [0.25, 0.3) is 0 Å². The zero-order chi connectivity index (χ0) is 14.9. The topological polar surface area (TPSA) is 49.9 Å². The first-order valence-electron chi connectivity index (χ1n) is 7.03. The van der Waals surface area contributed by atoms with Crippen LogP contribution in [0.1, 0.15) is 33.6 Å². The summed E-state index contributed by atoms with van der Waals surface area (Å²) in [6.07, 6.45) is 6.22. The van der Waals surface area contributed by atoms with Crippen molar-refractivity contribution in [2.75, 3.05) is 19.6 Å². The van der Waals surface area contributed by atoms with Gasteiger partial charge in [0.1, 0.15) is 5.60 Å². The fraction of sp³-hybridized carbons (Fsp3) is 0.733. The smallest absolute Gasteiger partial charge is 0.410 e. The summed E-state index contributed by atoms with van der Waals surface area (Å²) < 4.78 is 5.38. The summed E-state index contributed by atoms with van der Waals surface area (Å²) in [7, 11) is 0. The second-order valence-electron chi connectivity index (χ2n) is 6.45. The Labute approximate surface area is 120 Å². The predicted octanol–water partition coefficient (Wildman–Crippen LogP) is 1.48. The Bertz CT molecular complexity index is 447. The van der Waals surface area contributed by atoms with Crippen LogP contribution in [0.15, 0.2) is 0 Å². The molecule has 5 heteroatoms. The third kappa shape index (κ3) is 3.06. The number of hydrogen-bond donors (Lipinski definition) is 0. The van der Waals surface area contributed by atoms with Crippen molar-refractivity contribution in [1.29, 1.82) is 0 Å². The summed E-state index contributed by atoms with van der Waals surface area (Å²) in [5.74, 6) is 2.62. The second-order valence-corrected chi connectivity index (χ2v) is 6.45. The van der Waals surface area contributed by atoms with Gasteiger partial charge < -0.3 is 14.5 Å². The molecule has 0 aromatic heterocycles. The molecule has 2 aliphatic heterocycles. The maximum absolute atomic E-state index is 12.1. The first kappa shape index (κ1) is 14.7. The van der Waals surface area contributed by atoms with Gasteiger partial charge in [-0.2, -0.15) is 0 Å². The molecule has 0 radical (unpaired) electrons. The molecule has 2 atom stereocenters. The fourth-order valence-corrected chi connectivity index (χ4v) is 2.82. The van der Waals surface area contributed by atoms with E-state index in [0.717, 1.165) is 6.42 Å². The lowest BCUT2D eigenvalue weighted by molar-refractivity contribution is -0.133. The van der Waals surface area contributed by atoms with E-state index in [2.05, 4.69) is 5.92 Å². The molecule has 2 rings (SSSR count). The van der Waals surface area contributed by atoms with Gasteiger partial charge in [0.15, 0.2) is 0 Å². The second kappa shape index (κ2) is 5.35. The summed E-state index contributed by atoms with van der Waals surface area (Å²) >= 11 is 0. The van der Waals surface area contributed by atoms with Gasteiger partial charge in [0.25, 0.3) is 0 Å². The fourth-order valence-electron chi connectivity index (χ4n) is 2.82. The van der Waals surface area contributed by atoms with Crippen molar-refractivity contribution in [2.24, 2.45) is 5.92 Å². The van der Waals surface area contributed by atoms with Crippen LogP contribution < -0.4 is 0 Å². The average molecular weight is 278 g/mol. The van der Waals surface area contributed by atoms with Crippen LogP contribution in [0.2, 0.25) is 0 Å². The molecule has 0 aromatic carbocycles. The molecule has 0 bridgehead atoms. The molecule has 2 heterocycles. The molecule has 0 spiro atoms. The monoisotopic (exact) mass is 278 g/mol. The molecule has 2 amide bonds. The molecule has 110 valence electrons. The maximum Gasteiger partial charge on any atom is 0.410 e. The van der Waals surface area contributed by atoms with E-state index < -0.39 is 5.60 Å². The lowest BCUT2D eigenvalue weighted by Crippen LogP contribution is -2.54. The van der Waals surface area contributed by atoms with Crippen molar-refractivity contribution < 1.29 is 14.3 Å². The summed E-state index contributed by atoms with van der Waals surface area (Å²) in [5, 5.41) is 0. The lowest BCUT2D eigenvalue weighted by Gasteiger charge is -2.38. The molecule has 5 nitrogen and oxygen atoms in total. The van der Waals surface area contributed by atoms with Crippen LogP contribution in [0, 0.1) is 18.3 Å². The van der Waals surface area contributed by atoms with Gasteiger partial charge in [0.2, 0.25) is 5.91 Å². The average Bonchev–Trinajstić information content (AvgIpc) is 2.64. The van der Waals surface area contributed by atoms with E-state index in [-0.39, 0.29) is 24.0 Å². The van der Waals surface area contributed by atoms with E-state index in [1.165, 1.54) is 0 Å².